The molecular weight excluding hydrogens is 620 g/mol. The molecule has 0 aromatic carbocycles. The van der Waals surface area contributed by atoms with E-state index in [9.17, 15) is 5.11 Å². The van der Waals surface area contributed by atoms with Crippen LogP contribution in [0.4, 0.5) is 0 Å². The van der Waals surface area contributed by atoms with Gasteiger partial charge in [-0.05, 0) is 6.92 Å². The Balaban J connectivity index is 6.42. The first-order chi connectivity index (χ1) is 10.1. The van der Waals surface area contributed by atoms with Crippen molar-refractivity contribution in [3.8, 4) is 0 Å². The molecule has 0 aliphatic heterocycles. The molecule has 0 saturated carbocycles. The van der Waals surface area contributed by atoms with Gasteiger partial charge in [-0.25, -0.2) is 0 Å². The normalized spacial score (nSPS) is 16.5. The van der Waals surface area contributed by atoms with Crippen LogP contribution >= 0.6 is 162 Å². The molecule has 146 valence electrons. The molecule has 0 aliphatic rings. The second-order valence-corrected chi connectivity index (χ2v) is 14.4. The molecule has 0 rings (SSSR count). The largest absolute Gasteiger partial charge is 0.393 e. The summed E-state index contributed by atoms with van der Waals surface area (Å²) in [4.78, 5) is 0. The zero-order chi connectivity index (χ0) is 20.2. The Kier molecular flexibility index (Phi) is 9.66. The second kappa shape index (κ2) is 8.27. The van der Waals surface area contributed by atoms with Gasteiger partial charge in [-0.2, -0.15) is 0 Å². The summed E-state index contributed by atoms with van der Waals surface area (Å²) in [6.45, 7) is 0.126. The van der Waals surface area contributed by atoms with Gasteiger partial charge in [0, 0.05) is 0 Å². The van der Waals surface area contributed by atoms with E-state index >= 15 is 0 Å². The van der Waals surface area contributed by atoms with Gasteiger partial charge < -0.3 is 5.11 Å². The van der Waals surface area contributed by atoms with Crippen LogP contribution in [0.2, 0.25) is 0 Å². The van der Waals surface area contributed by atoms with E-state index in [0.717, 1.165) is 6.92 Å². The standard InChI is InChI=1S/C9H6Cl14O/c1-3(10,11)5(14,15)7(18,19)9(22,23)8(20,21)6(16,17)4(12,13)2-24/h24H,2H2,1H3. The van der Waals surface area contributed by atoms with E-state index in [1.54, 1.807) is 0 Å². The summed E-state index contributed by atoms with van der Waals surface area (Å²) >= 11 is 84.2. The van der Waals surface area contributed by atoms with Gasteiger partial charge in [0.15, 0.2) is 30.3 Å². The fourth-order valence-corrected chi connectivity index (χ4v) is 5.25. The van der Waals surface area contributed by atoms with Crippen molar-refractivity contribution in [2.75, 3.05) is 6.61 Å². The summed E-state index contributed by atoms with van der Waals surface area (Å²) in [6.07, 6.45) is 0. The maximum Gasteiger partial charge on any atom is 0.189 e. The lowest BCUT2D eigenvalue weighted by atomic mass is 10.0. The third-order valence-corrected chi connectivity index (χ3v) is 12.4. The highest BCUT2D eigenvalue weighted by Gasteiger charge is 2.78. The second-order valence-electron chi connectivity index (χ2n) is 4.62. The van der Waals surface area contributed by atoms with Crippen molar-refractivity contribution in [1.29, 1.82) is 0 Å². The summed E-state index contributed by atoms with van der Waals surface area (Å²) < 4.78 is -17.8. The van der Waals surface area contributed by atoms with Crippen molar-refractivity contribution < 1.29 is 5.11 Å². The SMILES string of the molecule is CC(Cl)(Cl)C(Cl)(Cl)C(Cl)(Cl)C(Cl)(Cl)C(Cl)(Cl)C(Cl)(Cl)C(Cl)(Cl)CO. The van der Waals surface area contributed by atoms with E-state index < -0.39 is 36.9 Å². The first-order valence-electron chi connectivity index (χ1n) is 5.32. The van der Waals surface area contributed by atoms with Crippen molar-refractivity contribution in [1.82, 2.24) is 0 Å². The van der Waals surface area contributed by atoms with Crippen LogP contribution in [0.3, 0.4) is 0 Å². The Morgan fingerprint density at radius 1 is 0.500 bits per heavy atom. The van der Waals surface area contributed by atoms with Crippen molar-refractivity contribution in [2.45, 2.75) is 37.3 Å². The van der Waals surface area contributed by atoms with E-state index in [1.165, 1.54) is 0 Å². The maximum absolute atomic E-state index is 9.25. The lowest BCUT2D eigenvalue weighted by molar-refractivity contribution is 0.262. The molecule has 0 aromatic heterocycles. The highest BCUT2D eigenvalue weighted by Crippen LogP contribution is 2.70. The van der Waals surface area contributed by atoms with Crippen molar-refractivity contribution >= 4 is 162 Å². The minimum Gasteiger partial charge on any atom is -0.393 e. The quantitative estimate of drug-likeness (QED) is 0.283. The molecule has 0 saturated heterocycles. The van der Waals surface area contributed by atoms with Gasteiger partial charge in [-0.3, -0.25) is 0 Å². The Hall–Kier alpha value is 4.02. The average molecular weight is 626 g/mol. The van der Waals surface area contributed by atoms with E-state index in [-0.39, 0.29) is 0 Å². The fraction of sp³-hybridized carbons (Fsp3) is 1.00. The number of aliphatic hydroxyl groups excluding tert-OH is 1. The first-order valence-corrected chi connectivity index (χ1v) is 10.6. The van der Waals surface area contributed by atoms with Crippen molar-refractivity contribution in [3.63, 3.8) is 0 Å². The number of hydrogen-bond acceptors (Lipinski definition) is 1. The van der Waals surface area contributed by atoms with Crippen LogP contribution in [-0.4, -0.2) is 42.0 Å². The third-order valence-electron chi connectivity index (χ3n) is 2.79. The highest BCUT2D eigenvalue weighted by atomic mass is 35.6. The minimum atomic E-state index is -2.80. The van der Waals surface area contributed by atoms with E-state index in [2.05, 4.69) is 0 Å². The maximum atomic E-state index is 9.25. The van der Waals surface area contributed by atoms with Gasteiger partial charge in [-0.15, -0.1) is 0 Å². The van der Waals surface area contributed by atoms with Crippen molar-refractivity contribution in [3.05, 3.63) is 0 Å². The fourth-order valence-electron chi connectivity index (χ4n) is 1.20. The summed E-state index contributed by atoms with van der Waals surface area (Å²) in [5.74, 6) is 0. The molecule has 0 unspecified atom stereocenters. The van der Waals surface area contributed by atoms with Gasteiger partial charge >= 0.3 is 0 Å². The van der Waals surface area contributed by atoms with Gasteiger partial charge in [0.1, 0.15) is 0 Å². The zero-order valence-electron chi connectivity index (χ0n) is 10.9. The van der Waals surface area contributed by atoms with Crippen LogP contribution in [0.5, 0.6) is 0 Å². The topological polar surface area (TPSA) is 20.2 Å². The monoisotopic (exact) mass is 620 g/mol. The molecule has 0 fully saturated rings. The number of hydrogen-bond donors (Lipinski definition) is 1. The average Bonchev–Trinajstić information content (AvgIpc) is 2.36. The smallest absolute Gasteiger partial charge is 0.189 e. The Bertz CT molecular complexity index is 461. The molecule has 1 N–H and O–H groups in total. The minimum absolute atomic E-state index is 1.01. The Labute approximate surface area is 209 Å². The third kappa shape index (κ3) is 4.37. The molecule has 0 aromatic rings. The molecular formula is C9H6Cl14O. The highest BCUT2D eigenvalue weighted by molar-refractivity contribution is 6.79. The van der Waals surface area contributed by atoms with Crippen LogP contribution < -0.4 is 0 Å². The van der Waals surface area contributed by atoms with Crippen LogP contribution in [-0.2, 0) is 0 Å². The van der Waals surface area contributed by atoms with Crippen LogP contribution in [0.15, 0.2) is 0 Å². The van der Waals surface area contributed by atoms with E-state index in [4.69, 9.17) is 162 Å². The molecule has 15 heteroatoms. The van der Waals surface area contributed by atoms with E-state index in [1.807, 2.05) is 0 Å². The predicted octanol–water partition coefficient (Wildman–Crippen LogP) is 8.22. The van der Waals surface area contributed by atoms with Crippen molar-refractivity contribution in [2.24, 2.45) is 0 Å². The van der Waals surface area contributed by atoms with Crippen LogP contribution in [0, 0.1) is 0 Å². The molecule has 24 heavy (non-hydrogen) atoms. The van der Waals surface area contributed by atoms with Gasteiger partial charge in [0.05, 0.1) is 6.61 Å². The van der Waals surface area contributed by atoms with Gasteiger partial charge in [0.2, 0.25) is 0 Å². The molecule has 1 nitrogen and oxygen atoms in total. The summed E-state index contributed by atoms with van der Waals surface area (Å²) in [5.41, 5.74) is 0. The summed E-state index contributed by atoms with van der Waals surface area (Å²) in [5, 5.41) is 9.25. The Morgan fingerprint density at radius 3 is 1.00 bits per heavy atom. The molecule has 0 amide bonds. The predicted molar refractivity (Wildman–Crippen MR) is 114 cm³/mol. The number of aliphatic hydroxyl groups is 1. The number of rotatable bonds is 7. The van der Waals surface area contributed by atoms with Gasteiger partial charge in [-0.1, -0.05) is 162 Å². The lowest BCUT2D eigenvalue weighted by Gasteiger charge is -2.53. The zero-order valence-corrected chi connectivity index (χ0v) is 21.5. The molecule has 0 heterocycles. The molecule has 0 aliphatic carbocycles. The Morgan fingerprint density at radius 2 is 0.750 bits per heavy atom. The number of alkyl halides is 14. The van der Waals surface area contributed by atoms with Gasteiger partial charge in [0.25, 0.3) is 0 Å². The number of halogens is 14. The first kappa shape index (κ1) is 28.0. The molecule has 0 atom stereocenters. The van der Waals surface area contributed by atoms with Crippen LogP contribution in [0.1, 0.15) is 6.92 Å². The molecule has 0 bridgehead atoms. The summed E-state index contributed by atoms with van der Waals surface area (Å²) in [6, 6.07) is 0. The van der Waals surface area contributed by atoms with E-state index in [0.29, 0.717) is 0 Å². The molecule has 0 radical (unpaired) electrons. The van der Waals surface area contributed by atoms with Crippen LogP contribution in [0.25, 0.3) is 0 Å². The summed E-state index contributed by atoms with van der Waals surface area (Å²) in [7, 11) is 0. The molecule has 0 spiro atoms. The lowest BCUT2D eigenvalue weighted by Crippen LogP contribution is -2.68.